The van der Waals surface area contributed by atoms with E-state index in [0.717, 1.165) is 22.0 Å². The summed E-state index contributed by atoms with van der Waals surface area (Å²) in [5.74, 6) is -0.330. The number of benzene rings is 2. The minimum Gasteiger partial charge on any atom is -0.463 e. The Labute approximate surface area is 173 Å². The predicted octanol–water partition coefficient (Wildman–Crippen LogP) is 5.64. The van der Waals surface area contributed by atoms with Gasteiger partial charge in [0.25, 0.3) is 0 Å². The summed E-state index contributed by atoms with van der Waals surface area (Å²) < 4.78 is 5.37. The molecule has 4 rings (SSSR count). The highest BCUT2D eigenvalue weighted by atomic mass is 35.5. The fraction of sp³-hybridized carbons (Fsp3) is 0.182. The second-order valence-electron chi connectivity index (χ2n) is 6.42. The van der Waals surface area contributed by atoms with Gasteiger partial charge in [-0.05, 0) is 37.1 Å². The van der Waals surface area contributed by atoms with Crippen LogP contribution in [-0.2, 0) is 9.53 Å². The first kappa shape index (κ1) is 18.8. The van der Waals surface area contributed by atoms with Crippen molar-refractivity contribution in [2.24, 2.45) is 4.99 Å². The average Bonchev–Trinajstić information content (AvgIpc) is 3.11. The molecule has 1 atom stereocenters. The molecular weight excluding hydrogens is 392 g/mol. The van der Waals surface area contributed by atoms with E-state index in [9.17, 15) is 4.79 Å². The molecule has 0 saturated carbocycles. The van der Waals surface area contributed by atoms with E-state index in [1.807, 2.05) is 68.4 Å². The first-order chi connectivity index (χ1) is 13.6. The standard InChI is InChI=1S/C22H19ClN2O2S/c1-3-27-21(26)19-14(2)24-22-25(20(19)16-7-5-4-6-8-16)18(13-28-22)15-9-11-17(23)12-10-15/h4-13,20H,3H2,1-2H3/t20-/m1/s1. The molecule has 2 aliphatic rings. The summed E-state index contributed by atoms with van der Waals surface area (Å²) in [6.07, 6.45) is 0. The highest BCUT2D eigenvalue weighted by Gasteiger charge is 2.40. The number of hydrogen-bond donors (Lipinski definition) is 0. The minimum atomic E-state index is -0.330. The largest absolute Gasteiger partial charge is 0.463 e. The number of aliphatic imine (C=N–C) groups is 1. The van der Waals surface area contributed by atoms with Crippen LogP contribution in [0.5, 0.6) is 0 Å². The van der Waals surface area contributed by atoms with Gasteiger partial charge in [0.05, 0.1) is 29.6 Å². The van der Waals surface area contributed by atoms with E-state index in [1.54, 1.807) is 11.8 Å². The van der Waals surface area contributed by atoms with Crippen LogP contribution in [0.25, 0.3) is 5.70 Å². The number of fused-ring (bicyclic) bond motifs is 1. The zero-order valence-electron chi connectivity index (χ0n) is 15.6. The number of allylic oxidation sites excluding steroid dienone is 1. The van der Waals surface area contributed by atoms with E-state index >= 15 is 0 Å². The van der Waals surface area contributed by atoms with E-state index in [4.69, 9.17) is 21.3 Å². The molecule has 0 N–H and O–H groups in total. The summed E-state index contributed by atoms with van der Waals surface area (Å²) in [4.78, 5) is 19.7. The molecule has 0 aliphatic carbocycles. The summed E-state index contributed by atoms with van der Waals surface area (Å²) in [7, 11) is 0. The van der Waals surface area contributed by atoms with Gasteiger partial charge in [-0.15, -0.1) is 0 Å². The Morgan fingerprint density at radius 3 is 2.57 bits per heavy atom. The summed E-state index contributed by atoms with van der Waals surface area (Å²) in [5.41, 5.74) is 4.28. The number of esters is 1. The van der Waals surface area contributed by atoms with Crippen molar-refractivity contribution in [3.05, 3.63) is 87.4 Å². The normalized spacial score (nSPS) is 18.5. The summed E-state index contributed by atoms with van der Waals surface area (Å²) in [5, 5.41) is 3.61. The van der Waals surface area contributed by atoms with Crippen LogP contribution in [-0.4, -0.2) is 22.6 Å². The fourth-order valence-corrected chi connectivity index (χ4v) is 4.53. The molecule has 0 bridgehead atoms. The second kappa shape index (κ2) is 7.86. The molecular formula is C22H19ClN2O2S. The third-order valence-corrected chi connectivity index (χ3v) is 5.77. The van der Waals surface area contributed by atoms with Gasteiger partial charge in [0.1, 0.15) is 0 Å². The van der Waals surface area contributed by atoms with Crippen molar-refractivity contribution < 1.29 is 9.53 Å². The van der Waals surface area contributed by atoms with Crippen LogP contribution in [0.4, 0.5) is 0 Å². The van der Waals surface area contributed by atoms with Gasteiger partial charge in [-0.3, -0.25) is 0 Å². The maximum atomic E-state index is 12.8. The van der Waals surface area contributed by atoms with Crippen LogP contribution < -0.4 is 0 Å². The van der Waals surface area contributed by atoms with Crippen LogP contribution in [0.15, 0.2) is 76.3 Å². The highest BCUT2D eigenvalue weighted by Crippen LogP contribution is 2.46. The minimum absolute atomic E-state index is 0.301. The van der Waals surface area contributed by atoms with Crippen molar-refractivity contribution in [2.45, 2.75) is 19.9 Å². The Bertz CT molecular complexity index is 997. The Hall–Kier alpha value is -2.50. The van der Waals surface area contributed by atoms with Gasteiger partial charge in [0, 0.05) is 10.4 Å². The molecule has 2 aliphatic heterocycles. The van der Waals surface area contributed by atoms with Gasteiger partial charge in [-0.25, -0.2) is 9.79 Å². The third kappa shape index (κ3) is 3.36. The first-order valence-corrected chi connectivity index (χ1v) is 10.3. The number of rotatable bonds is 4. The van der Waals surface area contributed by atoms with E-state index in [2.05, 4.69) is 10.3 Å². The van der Waals surface area contributed by atoms with Crippen molar-refractivity contribution in [3.63, 3.8) is 0 Å². The molecule has 4 nitrogen and oxygen atoms in total. The smallest absolute Gasteiger partial charge is 0.338 e. The molecule has 0 radical (unpaired) electrons. The lowest BCUT2D eigenvalue weighted by Crippen LogP contribution is -2.36. The van der Waals surface area contributed by atoms with Crippen LogP contribution in [0.1, 0.15) is 31.0 Å². The van der Waals surface area contributed by atoms with Crippen molar-refractivity contribution in [1.29, 1.82) is 0 Å². The van der Waals surface area contributed by atoms with Gasteiger partial charge >= 0.3 is 5.97 Å². The second-order valence-corrected chi connectivity index (χ2v) is 7.70. The van der Waals surface area contributed by atoms with E-state index in [1.165, 1.54) is 0 Å². The quantitative estimate of drug-likeness (QED) is 0.612. The molecule has 2 heterocycles. The van der Waals surface area contributed by atoms with Crippen LogP contribution in [0.2, 0.25) is 5.02 Å². The molecule has 0 fully saturated rings. The first-order valence-electron chi connectivity index (χ1n) is 9.03. The lowest BCUT2D eigenvalue weighted by Gasteiger charge is -2.36. The molecule has 0 amide bonds. The monoisotopic (exact) mass is 410 g/mol. The molecule has 28 heavy (non-hydrogen) atoms. The topological polar surface area (TPSA) is 41.9 Å². The zero-order valence-corrected chi connectivity index (χ0v) is 17.1. The van der Waals surface area contributed by atoms with Gasteiger partial charge in [-0.1, -0.05) is 65.8 Å². The van der Waals surface area contributed by atoms with Crippen LogP contribution >= 0.6 is 23.4 Å². The molecule has 2 aromatic rings. The van der Waals surface area contributed by atoms with Gasteiger partial charge in [0.2, 0.25) is 0 Å². The van der Waals surface area contributed by atoms with Crippen molar-refractivity contribution in [3.8, 4) is 0 Å². The summed E-state index contributed by atoms with van der Waals surface area (Å²) >= 11 is 7.63. The SMILES string of the molecule is CCOC(=O)C1=C(C)N=C2SC=C(c3ccc(Cl)cc3)N2[C@@H]1c1ccccc1. The maximum absolute atomic E-state index is 12.8. The molecule has 0 spiro atoms. The lowest BCUT2D eigenvalue weighted by atomic mass is 9.93. The van der Waals surface area contributed by atoms with E-state index < -0.39 is 0 Å². The molecule has 6 heteroatoms. The molecule has 0 aromatic heterocycles. The molecule has 0 saturated heterocycles. The Morgan fingerprint density at radius 1 is 1.18 bits per heavy atom. The molecule has 142 valence electrons. The zero-order chi connectivity index (χ0) is 19.7. The summed E-state index contributed by atoms with van der Waals surface area (Å²) in [6.45, 7) is 4.00. The van der Waals surface area contributed by atoms with Gasteiger partial charge < -0.3 is 9.64 Å². The Kier molecular flexibility index (Phi) is 5.29. The Balaban J connectivity index is 1.84. The fourth-order valence-electron chi connectivity index (χ4n) is 3.43. The molecule has 0 unspecified atom stereocenters. The number of ether oxygens (including phenoxy) is 1. The summed E-state index contributed by atoms with van der Waals surface area (Å²) in [6, 6.07) is 17.4. The van der Waals surface area contributed by atoms with E-state index in [-0.39, 0.29) is 12.0 Å². The van der Waals surface area contributed by atoms with Crippen LogP contribution in [0.3, 0.4) is 0 Å². The number of hydrogen-bond acceptors (Lipinski definition) is 5. The van der Waals surface area contributed by atoms with Crippen molar-refractivity contribution >= 4 is 40.2 Å². The number of nitrogens with zero attached hydrogens (tertiary/aromatic N) is 2. The number of carbonyl (C=O) groups excluding carboxylic acids is 1. The average molecular weight is 411 g/mol. The van der Waals surface area contributed by atoms with E-state index in [0.29, 0.717) is 22.9 Å². The lowest BCUT2D eigenvalue weighted by molar-refractivity contribution is -0.139. The number of halogens is 1. The molecule has 2 aromatic carbocycles. The number of amidine groups is 1. The third-order valence-electron chi connectivity index (χ3n) is 4.68. The maximum Gasteiger partial charge on any atom is 0.338 e. The Morgan fingerprint density at radius 2 is 1.89 bits per heavy atom. The van der Waals surface area contributed by atoms with Gasteiger partial charge in [-0.2, -0.15) is 0 Å². The van der Waals surface area contributed by atoms with Crippen LogP contribution in [0, 0.1) is 0 Å². The predicted molar refractivity (Wildman–Crippen MR) is 115 cm³/mol. The highest BCUT2D eigenvalue weighted by molar-refractivity contribution is 8.16. The van der Waals surface area contributed by atoms with Crippen molar-refractivity contribution in [2.75, 3.05) is 6.61 Å². The van der Waals surface area contributed by atoms with Crippen molar-refractivity contribution in [1.82, 2.24) is 4.90 Å². The number of thioether (sulfide) groups is 1. The number of carbonyl (C=O) groups is 1. The van der Waals surface area contributed by atoms with Gasteiger partial charge in [0.15, 0.2) is 5.17 Å².